The van der Waals surface area contributed by atoms with Gasteiger partial charge in [0.05, 0.1) is 11.8 Å². The van der Waals surface area contributed by atoms with Crippen molar-refractivity contribution >= 4 is 17.6 Å². The van der Waals surface area contributed by atoms with E-state index < -0.39 is 4.92 Å². The third-order valence-electron chi connectivity index (χ3n) is 1.23. The van der Waals surface area contributed by atoms with Gasteiger partial charge in [0.15, 0.2) is 10.9 Å². The van der Waals surface area contributed by atoms with Gasteiger partial charge in [-0.15, -0.1) is 0 Å². The summed E-state index contributed by atoms with van der Waals surface area (Å²) in [5, 5.41) is 19.0. The zero-order valence-corrected chi connectivity index (χ0v) is 7.59. The number of imidazole rings is 1. The van der Waals surface area contributed by atoms with Crippen molar-refractivity contribution in [2.45, 2.75) is 11.9 Å². The van der Waals surface area contributed by atoms with E-state index in [2.05, 4.69) is 9.97 Å². The number of aryl methyl sites for hydroxylation is 1. The number of H-pyrrole nitrogens is 1. The van der Waals surface area contributed by atoms with Crippen molar-refractivity contribution in [1.29, 1.82) is 5.26 Å². The molecule has 0 bridgehead atoms. The minimum Gasteiger partial charge on any atom is -0.358 e. The number of aromatic nitrogens is 2. The summed E-state index contributed by atoms with van der Waals surface area (Å²) in [4.78, 5) is 16.3. The van der Waals surface area contributed by atoms with Crippen LogP contribution in [-0.4, -0.2) is 20.6 Å². The summed E-state index contributed by atoms with van der Waals surface area (Å²) in [7, 11) is 0. The molecule has 7 heteroatoms. The number of thioether (sulfide) groups is 1. The molecule has 13 heavy (non-hydrogen) atoms. The molecule has 0 aromatic carbocycles. The monoisotopic (exact) mass is 198 g/mol. The summed E-state index contributed by atoms with van der Waals surface area (Å²) in [5.74, 6) is 0.496. The Bertz CT molecular complexity index is 367. The van der Waals surface area contributed by atoms with Crippen LogP contribution in [0.4, 0.5) is 5.82 Å². The molecular formula is C6H6N4O2S. The van der Waals surface area contributed by atoms with E-state index in [1.165, 1.54) is 0 Å². The van der Waals surface area contributed by atoms with Crippen LogP contribution in [0.15, 0.2) is 5.03 Å². The Hall–Kier alpha value is -1.55. The molecule has 0 saturated heterocycles. The first-order chi connectivity index (χ1) is 6.15. The van der Waals surface area contributed by atoms with Crippen LogP contribution in [0.25, 0.3) is 0 Å². The largest absolute Gasteiger partial charge is 0.358 e. The Labute approximate surface area is 78.1 Å². The summed E-state index contributed by atoms with van der Waals surface area (Å²) >= 11 is 1.05. The van der Waals surface area contributed by atoms with Crippen molar-refractivity contribution in [1.82, 2.24) is 9.97 Å². The van der Waals surface area contributed by atoms with Gasteiger partial charge in [0.25, 0.3) is 0 Å². The molecular weight excluding hydrogens is 192 g/mol. The zero-order chi connectivity index (χ0) is 9.84. The smallest absolute Gasteiger partial charge is 0.354 e. The molecule has 1 aromatic heterocycles. The average molecular weight is 198 g/mol. The normalized spacial score (nSPS) is 9.54. The lowest BCUT2D eigenvalue weighted by Crippen LogP contribution is -1.90. The molecule has 0 fully saturated rings. The average Bonchev–Trinajstić information content (AvgIpc) is 2.43. The third-order valence-corrected chi connectivity index (χ3v) is 2.06. The Morgan fingerprint density at radius 3 is 3.08 bits per heavy atom. The van der Waals surface area contributed by atoms with Gasteiger partial charge in [-0.2, -0.15) is 10.2 Å². The summed E-state index contributed by atoms with van der Waals surface area (Å²) in [6.45, 7) is 1.63. The molecule has 1 N–H and O–H groups in total. The fourth-order valence-electron chi connectivity index (χ4n) is 0.783. The van der Waals surface area contributed by atoms with Crippen LogP contribution in [0.2, 0.25) is 0 Å². The van der Waals surface area contributed by atoms with Crippen molar-refractivity contribution < 1.29 is 4.92 Å². The second-order valence-corrected chi connectivity index (χ2v) is 3.14. The van der Waals surface area contributed by atoms with E-state index in [4.69, 9.17) is 5.26 Å². The van der Waals surface area contributed by atoms with Gasteiger partial charge in [-0.3, -0.25) is 0 Å². The van der Waals surface area contributed by atoms with E-state index in [0.717, 1.165) is 11.8 Å². The Balaban J connectivity index is 2.92. The highest BCUT2D eigenvalue weighted by atomic mass is 32.2. The molecule has 0 atom stereocenters. The Kier molecular flexibility index (Phi) is 2.87. The van der Waals surface area contributed by atoms with E-state index >= 15 is 0 Å². The van der Waals surface area contributed by atoms with E-state index in [1.54, 1.807) is 6.92 Å². The third kappa shape index (κ3) is 2.19. The van der Waals surface area contributed by atoms with E-state index in [1.807, 2.05) is 6.07 Å². The van der Waals surface area contributed by atoms with E-state index in [-0.39, 0.29) is 16.6 Å². The number of nitrogens with one attached hydrogen (secondary N) is 1. The van der Waals surface area contributed by atoms with E-state index in [0.29, 0.717) is 5.82 Å². The molecule has 68 valence electrons. The molecule has 0 aliphatic rings. The lowest BCUT2D eigenvalue weighted by atomic mass is 10.7. The van der Waals surface area contributed by atoms with Gasteiger partial charge in [0.2, 0.25) is 0 Å². The molecule has 0 amide bonds. The molecule has 0 saturated carbocycles. The maximum absolute atomic E-state index is 10.4. The molecule has 1 heterocycles. The standard InChI is InChI=1S/C6H6N4O2S/c1-4-8-5(10(11)12)6(9-4)13-3-2-7/h3H2,1H3,(H,8,9). The van der Waals surface area contributed by atoms with Crippen molar-refractivity contribution in [3.63, 3.8) is 0 Å². The number of nitro groups is 1. The molecule has 0 spiro atoms. The fourth-order valence-corrected chi connectivity index (χ4v) is 1.45. The van der Waals surface area contributed by atoms with Crippen LogP contribution in [-0.2, 0) is 0 Å². The first-order valence-electron chi connectivity index (χ1n) is 3.36. The van der Waals surface area contributed by atoms with Crippen molar-refractivity contribution in [2.24, 2.45) is 0 Å². The van der Waals surface area contributed by atoms with Crippen molar-refractivity contribution in [3.8, 4) is 6.07 Å². The molecule has 6 nitrogen and oxygen atoms in total. The van der Waals surface area contributed by atoms with Gasteiger partial charge >= 0.3 is 5.82 Å². The highest BCUT2D eigenvalue weighted by Crippen LogP contribution is 2.25. The summed E-state index contributed by atoms with van der Waals surface area (Å²) in [6, 6.07) is 1.88. The fraction of sp³-hybridized carbons (Fsp3) is 0.333. The van der Waals surface area contributed by atoms with Gasteiger partial charge in [-0.25, -0.2) is 4.98 Å². The minimum absolute atomic E-state index is 0.141. The molecule has 0 aliphatic carbocycles. The van der Waals surface area contributed by atoms with Crippen LogP contribution in [0.1, 0.15) is 5.82 Å². The van der Waals surface area contributed by atoms with Gasteiger partial charge in [-0.1, -0.05) is 11.8 Å². The van der Waals surface area contributed by atoms with Crippen LogP contribution in [0.5, 0.6) is 0 Å². The first kappa shape index (κ1) is 9.54. The molecule has 1 rings (SSSR count). The van der Waals surface area contributed by atoms with Crippen molar-refractivity contribution in [2.75, 3.05) is 5.75 Å². The quantitative estimate of drug-likeness (QED) is 0.447. The highest BCUT2D eigenvalue weighted by molar-refractivity contribution is 7.99. The predicted octanol–water partition coefficient (Wildman–Crippen LogP) is 1.24. The molecule has 0 unspecified atom stereocenters. The number of nitrogens with zero attached hydrogens (tertiary/aromatic N) is 3. The number of hydrogen-bond donors (Lipinski definition) is 1. The van der Waals surface area contributed by atoms with E-state index in [9.17, 15) is 10.1 Å². The van der Waals surface area contributed by atoms with Crippen LogP contribution in [0.3, 0.4) is 0 Å². The predicted molar refractivity (Wildman–Crippen MR) is 46.3 cm³/mol. The summed E-state index contributed by atoms with van der Waals surface area (Å²) in [5.41, 5.74) is 0. The van der Waals surface area contributed by atoms with Crippen LogP contribution in [0, 0.1) is 28.4 Å². The number of nitriles is 1. The van der Waals surface area contributed by atoms with Crippen LogP contribution >= 0.6 is 11.8 Å². The highest BCUT2D eigenvalue weighted by Gasteiger charge is 2.17. The maximum atomic E-state index is 10.4. The van der Waals surface area contributed by atoms with Crippen molar-refractivity contribution in [3.05, 3.63) is 15.9 Å². The Morgan fingerprint density at radius 1 is 1.85 bits per heavy atom. The number of rotatable bonds is 3. The van der Waals surface area contributed by atoms with Gasteiger partial charge < -0.3 is 10.1 Å². The summed E-state index contributed by atoms with van der Waals surface area (Å²) < 4.78 is 0. The van der Waals surface area contributed by atoms with Gasteiger partial charge in [0.1, 0.15) is 0 Å². The second kappa shape index (κ2) is 3.91. The molecule has 1 aromatic rings. The molecule has 0 aliphatic heterocycles. The number of hydrogen-bond acceptors (Lipinski definition) is 5. The molecule has 0 radical (unpaired) electrons. The van der Waals surface area contributed by atoms with Gasteiger partial charge in [0, 0.05) is 6.92 Å². The first-order valence-corrected chi connectivity index (χ1v) is 4.34. The minimum atomic E-state index is -0.542. The summed E-state index contributed by atoms with van der Waals surface area (Å²) in [6.07, 6.45) is 0. The topological polar surface area (TPSA) is 95.6 Å². The SMILES string of the molecule is Cc1nc(SCC#N)c([N+](=O)[O-])[nH]1. The second-order valence-electron chi connectivity index (χ2n) is 2.18. The lowest BCUT2D eigenvalue weighted by molar-refractivity contribution is -0.392. The zero-order valence-electron chi connectivity index (χ0n) is 6.77. The number of aromatic amines is 1. The Morgan fingerprint density at radius 2 is 2.54 bits per heavy atom. The van der Waals surface area contributed by atoms with Crippen LogP contribution < -0.4 is 0 Å². The maximum Gasteiger partial charge on any atom is 0.354 e. The lowest BCUT2D eigenvalue weighted by Gasteiger charge is -1.91. The van der Waals surface area contributed by atoms with Gasteiger partial charge in [-0.05, 0) is 4.92 Å².